The summed E-state index contributed by atoms with van der Waals surface area (Å²) in [4.78, 5) is 16.1. The molecular formula is C14H18NO2P. The second-order valence-corrected chi connectivity index (χ2v) is 5.49. The first-order valence-corrected chi connectivity index (χ1v) is 6.85. The first kappa shape index (κ1) is 13.2. The Kier molecular flexibility index (Phi) is 4.48. The molecule has 0 spiro atoms. The minimum atomic E-state index is -0.0917. The van der Waals surface area contributed by atoms with Crippen LogP contribution in [-0.4, -0.2) is 11.4 Å². The molecule has 0 radical (unpaired) electrons. The molecule has 18 heavy (non-hydrogen) atoms. The van der Waals surface area contributed by atoms with Crippen LogP contribution in [0, 0.1) is 5.92 Å². The second-order valence-electron chi connectivity index (χ2n) is 4.65. The molecule has 0 saturated heterocycles. The highest BCUT2D eigenvalue weighted by Crippen LogP contribution is 2.27. The molecule has 1 aliphatic carbocycles. The predicted octanol–water partition coefficient (Wildman–Crippen LogP) is 3.71. The maximum Gasteiger partial charge on any atom is 0.314 e. The zero-order valence-electron chi connectivity index (χ0n) is 10.6. The number of hydrogen-bond donors (Lipinski definition) is 0. The van der Waals surface area contributed by atoms with Gasteiger partial charge in [-0.15, -0.1) is 0 Å². The molecule has 3 nitrogen and oxygen atoms in total. The predicted molar refractivity (Wildman–Crippen MR) is 76.5 cm³/mol. The SMILES string of the molecule is CC(P)=Nc1ccc(OC(=O)C2CCCC2)cc1. The van der Waals surface area contributed by atoms with Gasteiger partial charge in [0.2, 0.25) is 0 Å². The number of esters is 1. The molecule has 1 aromatic carbocycles. The fourth-order valence-corrected chi connectivity index (χ4v) is 2.30. The Morgan fingerprint density at radius 2 is 1.89 bits per heavy atom. The summed E-state index contributed by atoms with van der Waals surface area (Å²) in [7, 11) is 2.54. The molecule has 1 fully saturated rings. The standard InChI is InChI=1S/C14H18NO2P/c1-10(18)15-12-6-8-13(9-7-12)17-14(16)11-4-2-3-5-11/h6-9,11H,2-5,18H2,1H3. The van der Waals surface area contributed by atoms with E-state index >= 15 is 0 Å². The van der Waals surface area contributed by atoms with Gasteiger partial charge in [0, 0.05) is 5.45 Å². The maximum absolute atomic E-state index is 11.8. The molecule has 0 bridgehead atoms. The lowest BCUT2D eigenvalue weighted by atomic mass is 10.1. The van der Waals surface area contributed by atoms with Gasteiger partial charge in [-0.3, -0.25) is 9.79 Å². The molecule has 0 aliphatic heterocycles. The number of rotatable bonds is 3. The Labute approximate surface area is 110 Å². The number of carbonyl (C=O) groups excluding carboxylic acids is 1. The minimum Gasteiger partial charge on any atom is -0.426 e. The van der Waals surface area contributed by atoms with Crippen molar-refractivity contribution in [3.05, 3.63) is 24.3 Å². The molecule has 1 unspecified atom stereocenters. The lowest BCUT2D eigenvalue weighted by molar-refractivity contribution is -0.138. The molecule has 1 saturated carbocycles. The summed E-state index contributed by atoms with van der Waals surface area (Å²) in [6, 6.07) is 7.29. The molecule has 0 N–H and O–H groups in total. The van der Waals surface area contributed by atoms with Crippen LogP contribution in [-0.2, 0) is 4.79 Å². The molecule has 0 amide bonds. The number of hydrogen-bond acceptors (Lipinski definition) is 3. The van der Waals surface area contributed by atoms with Crippen molar-refractivity contribution in [2.45, 2.75) is 32.6 Å². The van der Waals surface area contributed by atoms with Gasteiger partial charge in [-0.05, 0) is 44.0 Å². The third kappa shape index (κ3) is 3.64. The number of carbonyl (C=O) groups is 1. The van der Waals surface area contributed by atoms with E-state index in [2.05, 4.69) is 14.2 Å². The van der Waals surface area contributed by atoms with Crippen molar-refractivity contribution in [3.63, 3.8) is 0 Å². The van der Waals surface area contributed by atoms with Gasteiger partial charge in [-0.25, -0.2) is 0 Å². The van der Waals surface area contributed by atoms with Gasteiger partial charge in [0.05, 0.1) is 11.6 Å². The zero-order valence-corrected chi connectivity index (χ0v) is 11.7. The number of aliphatic imine (C=N–C) groups is 1. The van der Waals surface area contributed by atoms with Gasteiger partial charge in [0.15, 0.2) is 0 Å². The molecule has 1 atom stereocenters. The lowest BCUT2D eigenvalue weighted by Gasteiger charge is -2.09. The molecule has 1 aromatic rings. The molecular weight excluding hydrogens is 245 g/mol. The van der Waals surface area contributed by atoms with Crippen molar-refractivity contribution < 1.29 is 9.53 Å². The number of benzene rings is 1. The van der Waals surface area contributed by atoms with Gasteiger partial charge in [-0.2, -0.15) is 0 Å². The van der Waals surface area contributed by atoms with Crippen molar-refractivity contribution in [1.29, 1.82) is 0 Å². The Morgan fingerprint density at radius 3 is 2.44 bits per heavy atom. The Morgan fingerprint density at radius 1 is 1.28 bits per heavy atom. The van der Waals surface area contributed by atoms with Crippen LogP contribution >= 0.6 is 9.24 Å². The number of nitrogens with zero attached hydrogens (tertiary/aromatic N) is 1. The minimum absolute atomic E-state index is 0.0917. The van der Waals surface area contributed by atoms with E-state index in [1.807, 2.05) is 19.1 Å². The van der Waals surface area contributed by atoms with Gasteiger partial charge >= 0.3 is 5.97 Å². The normalized spacial score (nSPS) is 16.9. The third-order valence-electron chi connectivity index (χ3n) is 3.05. The fraction of sp³-hybridized carbons (Fsp3) is 0.429. The maximum atomic E-state index is 11.8. The quantitative estimate of drug-likeness (QED) is 0.361. The van der Waals surface area contributed by atoms with Crippen LogP contribution in [0.1, 0.15) is 32.6 Å². The van der Waals surface area contributed by atoms with Crippen LogP contribution in [0.3, 0.4) is 0 Å². The van der Waals surface area contributed by atoms with Crippen LogP contribution in [0.25, 0.3) is 0 Å². The molecule has 1 aliphatic rings. The Hall–Kier alpha value is -1.21. The Balaban J connectivity index is 1.97. The summed E-state index contributed by atoms with van der Waals surface area (Å²) in [6.45, 7) is 1.92. The summed E-state index contributed by atoms with van der Waals surface area (Å²) < 4.78 is 5.37. The first-order valence-electron chi connectivity index (χ1n) is 6.27. The highest BCUT2D eigenvalue weighted by atomic mass is 31.0. The molecule has 0 aromatic heterocycles. The summed E-state index contributed by atoms with van der Waals surface area (Å²) in [6.07, 6.45) is 4.21. The van der Waals surface area contributed by atoms with E-state index in [0.29, 0.717) is 5.75 Å². The third-order valence-corrected chi connectivity index (χ3v) is 3.18. The first-order chi connectivity index (χ1) is 8.65. The summed E-state index contributed by atoms with van der Waals surface area (Å²) in [5.74, 6) is 0.607. The van der Waals surface area contributed by atoms with E-state index in [9.17, 15) is 4.79 Å². The van der Waals surface area contributed by atoms with E-state index in [1.54, 1.807) is 12.1 Å². The molecule has 4 heteroatoms. The van der Waals surface area contributed by atoms with E-state index in [4.69, 9.17) is 4.74 Å². The van der Waals surface area contributed by atoms with Crippen molar-refractivity contribution in [2.24, 2.45) is 10.9 Å². The van der Waals surface area contributed by atoms with Gasteiger partial charge in [-0.1, -0.05) is 22.1 Å². The lowest BCUT2D eigenvalue weighted by Crippen LogP contribution is -2.17. The van der Waals surface area contributed by atoms with Gasteiger partial charge < -0.3 is 4.74 Å². The van der Waals surface area contributed by atoms with Crippen LogP contribution in [0.4, 0.5) is 5.69 Å². The summed E-state index contributed by atoms with van der Waals surface area (Å²) in [5, 5.41) is 0. The summed E-state index contributed by atoms with van der Waals surface area (Å²) >= 11 is 0. The van der Waals surface area contributed by atoms with Crippen molar-refractivity contribution in [1.82, 2.24) is 0 Å². The smallest absolute Gasteiger partial charge is 0.314 e. The van der Waals surface area contributed by atoms with Crippen molar-refractivity contribution in [2.75, 3.05) is 0 Å². The molecule has 96 valence electrons. The van der Waals surface area contributed by atoms with Gasteiger partial charge in [0.1, 0.15) is 5.75 Å². The van der Waals surface area contributed by atoms with Crippen molar-refractivity contribution in [3.8, 4) is 5.75 Å². The van der Waals surface area contributed by atoms with Crippen LogP contribution in [0.15, 0.2) is 29.3 Å². The fourth-order valence-electron chi connectivity index (χ4n) is 2.15. The van der Waals surface area contributed by atoms with E-state index < -0.39 is 0 Å². The zero-order chi connectivity index (χ0) is 13.0. The molecule has 2 rings (SSSR count). The van der Waals surface area contributed by atoms with E-state index in [1.165, 1.54) is 0 Å². The average Bonchev–Trinajstić information content (AvgIpc) is 2.84. The average molecular weight is 263 g/mol. The van der Waals surface area contributed by atoms with E-state index in [-0.39, 0.29) is 11.9 Å². The highest BCUT2D eigenvalue weighted by molar-refractivity contribution is 7.40. The topological polar surface area (TPSA) is 38.7 Å². The highest BCUT2D eigenvalue weighted by Gasteiger charge is 2.24. The second kappa shape index (κ2) is 6.10. The molecule has 0 heterocycles. The Bertz CT molecular complexity index is 443. The monoisotopic (exact) mass is 263 g/mol. The largest absolute Gasteiger partial charge is 0.426 e. The van der Waals surface area contributed by atoms with Crippen LogP contribution < -0.4 is 4.74 Å². The van der Waals surface area contributed by atoms with Crippen LogP contribution in [0.5, 0.6) is 5.75 Å². The van der Waals surface area contributed by atoms with Gasteiger partial charge in [0.25, 0.3) is 0 Å². The van der Waals surface area contributed by atoms with Crippen molar-refractivity contribution >= 4 is 26.3 Å². The van der Waals surface area contributed by atoms with Crippen LogP contribution in [0.2, 0.25) is 0 Å². The van der Waals surface area contributed by atoms with E-state index in [0.717, 1.165) is 36.8 Å². The summed E-state index contributed by atoms with van der Waals surface area (Å²) in [5.41, 5.74) is 1.79. The number of ether oxygens (including phenoxy) is 1.